The average Bonchev–Trinajstić information content (AvgIpc) is 3.27. The van der Waals surface area contributed by atoms with Gasteiger partial charge in [-0.2, -0.15) is 0 Å². The van der Waals surface area contributed by atoms with Gasteiger partial charge in [0.25, 0.3) is 5.91 Å². The minimum absolute atomic E-state index is 0.216. The normalized spacial score (nSPS) is 16.1. The van der Waals surface area contributed by atoms with Gasteiger partial charge in [-0.15, -0.1) is 0 Å². The Hall–Kier alpha value is -4.65. The molecule has 7 heteroatoms. The Kier molecular flexibility index (Phi) is 6.60. The first-order valence-corrected chi connectivity index (χ1v) is 12.1. The van der Waals surface area contributed by atoms with E-state index in [1.165, 1.54) is 4.90 Å². The summed E-state index contributed by atoms with van der Waals surface area (Å²) >= 11 is 0. The molecule has 5 rings (SSSR count). The van der Waals surface area contributed by atoms with Crippen LogP contribution in [-0.4, -0.2) is 42.9 Å². The zero-order valence-corrected chi connectivity index (χ0v) is 20.6. The first-order chi connectivity index (χ1) is 18.0. The van der Waals surface area contributed by atoms with E-state index in [1.807, 2.05) is 78.9 Å². The summed E-state index contributed by atoms with van der Waals surface area (Å²) in [6, 6.07) is 23.9. The number of amides is 2. The summed E-state index contributed by atoms with van der Waals surface area (Å²) in [6.45, 7) is 1.64. The van der Waals surface area contributed by atoms with Crippen LogP contribution in [0.5, 0.6) is 5.75 Å². The maximum absolute atomic E-state index is 13.6. The Morgan fingerprint density at radius 2 is 1.62 bits per heavy atom. The SMILES string of the molecule is CCOC(=O)CNC(=O)C1c2ccccc2C(c2ccc(OC)cc2)=C2C(c3ccccc3)=CC(=O)N21. The van der Waals surface area contributed by atoms with Crippen molar-refractivity contribution in [1.82, 2.24) is 10.2 Å². The molecule has 2 aliphatic rings. The molecule has 0 bridgehead atoms. The number of carbonyl (C=O) groups excluding carboxylic acids is 3. The third-order valence-electron chi connectivity index (χ3n) is 6.45. The predicted octanol–water partition coefficient (Wildman–Crippen LogP) is 4.11. The van der Waals surface area contributed by atoms with Gasteiger partial charge >= 0.3 is 5.97 Å². The highest BCUT2D eigenvalue weighted by atomic mass is 16.5. The monoisotopic (exact) mass is 494 g/mol. The molecule has 0 radical (unpaired) electrons. The van der Waals surface area contributed by atoms with Crippen LogP contribution in [0.1, 0.15) is 35.2 Å². The van der Waals surface area contributed by atoms with Gasteiger partial charge < -0.3 is 14.8 Å². The van der Waals surface area contributed by atoms with Crippen molar-refractivity contribution in [3.63, 3.8) is 0 Å². The van der Waals surface area contributed by atoms with Crippen LogP contribution in [0.15, 0.2) is 90.6 Å². The summed E-state index contributed by atoms with van der Waals surface area (Å²) in [6.07, 6.45) is 1.58. The number of allylic oxidation sites excluding steroid dienone is 1. The van der Waals surface area contributed by atoms with Gasteiger partial charge in [0.2, 0.25) is 5.91 Å². The molecule has 186 valence electrons. The maximum atomic E-state index is 13.6. The van der Waals surface area contributed by atoms with E-state index in [1.54, 1.807) is 20.1 Å². The Labute approximate surface area is 215 Å². The molecule has 0 saturated carbocycles. The van der Waals surface area contributed by atoms with E-state index >= 15 is 0 Å². The molecule has 0 saturated heterocycles. The zero-order chi connectivity index (χ0) is 25.9. The van der Waals surface area contributed by atoms with Crippen molar-refractivity contribution in [3.8, 4) is 5.75 Å². The van der Waals surface area contributed by atoms with E-state index in [2.05, 4.69) is 5.32 Å². The standard InChI is InChI=1S/C30H26N2O5/c1-3-37-26(34)18-31-30(35)29-23-12-8-7-11-22(23)27(20-13-15-21(36-2)16-14-20)28-24(17-25(33)32(28)29)19-9-5-4-6-10-19/h4-17,29H,3,18H2,1-2H3,(H,31,35). The Bertz CT molecular complexity index is 1420. The topological polar surface area (TPSA) is 84.9 Å². The number of fused-ring (bicyclic) bond motifs is 2. The third-order valence-corrected chi connectivity index (χ3v) is 6.45. The van der Waals surface area contributed by atoms with Crippen molar-refractivity contribution in [2.24, 2.45) is 0 Å². The summed E-state index contributed by atoms with van der Waals surface area (Å²) in [4.78, 5) is 40.6. The number of nitrogens with zero attached hydrogens (tertiary/aromatic N) is 1. The highest BCUT2D eigenvalue weighted by Crippen LogP contribution is 2.49. The summed E-state index contributed by atoms with van der Waals surface area (Å²) in [7, 11) is 1.61. The molecule has 0 fully saturated rings. The van der Waals surface area contributed by atoms with Crippen LogP contribution in [0, 0.1) is 0 Å². The van der Waals surface area contributed by atoms with Gasteiger partial charge in [-0.25, -0.2) is 0 Å². The van der Waals surface area contributed by atoms with Crippen molar-refractivity contribution in [2.45, 2.75) is 13.0 Å². The molecule has 2 aliphatic heterocycles. The van der Waals surface area contributed by atoms with Crippen molar-refractivity contribution in [1.29, 1.82) is 0 Å². The Balaban J connectivity index is 1.69. The molecule has 2 heterocycles. The van der Waals surface area contributed by atoms with Crippen molar-refractivity contribution in [3.05, 3.63) is 113 Å². The summed E-state index contributed by atoms with van der Waals surface area (Å²) in [5.74, 6) is -0.577. The summed E-state index contributed by atoms with van der Waals surface area (Å²) < 4.78 is 10.3. The fourth-order valence-corrected chi connectivity index (χ4v) is 4.86. The second-order valence-electron chi connectivity index (χ2n) is 8.60. The van der Waals surface area contributed by atoms with E-state index in [4.69, 9.17) is 9.47 Å². The Morgan fingerprint density at radius 3 is 2.32 bits per heavy atom. The van der Waals surface area contributed by atoms with Crippen LogP contribution in [0.2, 0.25) is 0 Å². The maximum Gasteiger partial charge on any atom is 0.325 e. The Morgan fingerprint density at radius 1 is 0.919 bits per heavy atom. The largest absolute Gasteiger partial charge is 0.497 e. The fraction of sp³-hybridized carbons (Fsp3) is 0.167. The predicted molar refractivity (Wildman–Crippen MR) is 139 cm³/mol. The number of esters is 1. The van der Waals surface area contributed by atoms with Crippen LogP contribution in [0.25, 0.3) is 11.1 Å². The molecule has 3 aromatic carbocycles. The van der Waals surface area contributed by atoms with Crippen molar-refractivity contribution >= 4 is 28.9 Å². The highest BCUT2D eigenvalue weighted by molar-refractivity contribution is 6.14. The number of hydrogen-bond donors (Lipinski definition) is 1. The smallest absolute Gasteiger partial charge is 0.325 e. The van der Waals surface area contributed by atoms with Crippen molar-refractivity contribution < 1.29 is 23.9 Å². The van der Waals surface area contributed by atoms with Gasteiger partial charge in [-0.1, -0.05) is 66.7 Å². The van der Waals surface area contributed by atoms with E-state index in [9.17, 15) is 14.4 Å². The van der Waals surface area contributed by atoms with E-state index in [0.717, 1.165) is 27.8 Å². The highest BCUT2D eigenvalue weighted by Gasteiger charge is 2.44. The van der Waals surface area contributed by atoms with Gasteiger partial charge in [-0.05, 0) is 41.3 Å². The lowest BCUT2D eigenvalue weighted by molar-refractivity contribution is -0.144. The van der Waals surface area contributed by atoms with E-state index in [-0.39, 0.29) is 19.1 Å². The van der Waals surface area contributed by atoms with E-state index in [0.29, 0.717) is 17.0 Å². The fourth-order valence-electron chi connectivity index (χ4n) is 4.86. The minimum Gasteiger partial charge on any atom is -0.497 e. The number of ether oxygens (including phenoxy) is 2. The molecule has 7 nitrogen and oxygen atoms in total. The summed E-state index contributed by atoms with van der Waals surface area (Å²) in [5, 5.41) is 2.67. The molecule has 1 N–H and O–H groups in total. The van der Waals surface area contributed by atoms with E-state index < -0.39 is 17.9 Å². The minimum atomic E-state index is -0.951. The average molecular weight is 495 g/mol. The number of methoxy groups -OCH3 is 1. The lowest BCUT2D eigenvalue weighted by Crippen LogP contribution is -2.44. The lowest BCUT2D eigenvalue weighted by atomic mass is 9.82. The molecule has 0 aromatic heterocycles. The second kappa shape index (κ2) is 10.1. The van der Waals surface area contributed by atoms with Crippen LogP contribution in [0.4, 0.5) is 0 Å². The van der Waals surface area contributed by atoms with Crippen LogP contribution >= 0.6 is 0 Å². The van der Waals surface area contributed by atoms with Crippen molar-refractivity contribution in [2.75, 3.05) is 20.3 Å². The third kappa shape index (κ3) is 4.40. The molecular formula is C30H26N2O5. The van der Waals surface area contributed by atoms with Crippen LogP contribution < -0.4 is 10.1 Å². The molecule has 2 amide bonds. The van der Waals surface area contributed by atoms with Gasteiger partial charge in [0.15, 0.2) is 0 Å². The van der Waals surface area contributed by atoms with Gasteiger partial charge in [0.05, 0.1) is 19.4 Å². The molecular weight excluding hydrogens is 468 g/mol. The first kappa shape index (κ1) is 24.1. The van der Waals surface area contributed by atoms with Gasteiger partial charge in [-0.3, -0.25) is 19.3 Å². The lowest BCUT2D eigenvalue weighted by Gasteiger charge is -2.37. The number of benzene rings is 3. The van der Waals surface area contributed by atoms with Gasteiger partial charge in [0.1, 0.15) is 18.3 Å². The van der Waals surface area contributed by atoms with Gasteiger partial charge in [0, 0.05) is 17.2 Å². The second-order valence-corrected chi connectivity index (χ2v) is 8.60. The zero-order valence-electron chi connectivity index (χ0n) is 20.6. The first-order valence-electron chi connectivity index (χ1n) is 12.1. The quantitative estimate of drug-likeness (QED) is 0.500. The molecule has 1 atom stereocenters. The number of rotatable bonds is 7. The number of hydrogen-bond acceptors (Lipinski definition) is 5. The number of carbonyl (C=O) groups is 3. The number of nitrogens with one attached hydrogen (secondary N) is 1. The molecule has 37 heavy (non-hydrogen) atoms. The van der Waals surface area contributed by atoms with Crippen LogP contribution in [-0.2, 0) is 19.1 Å². The molecule has 1 unspecified atom stereocenters. The summed E-state index contributed by atoms with van der Waals surface area (Å²) in [5.41, 5.74) is 5.49. The molecule has 0 aliphatic carbocycles. The van der Waals surface area contributed by atoms with Crippen LogP contribution in [0.3, 0.4) is 0 Å². The molecule has 3 aromatic rings. The molecule has 0 spiro atoms.